The van der Waals surface area contributed by atoms with Crippen LogP contribution in [0.2, 0.25) is 5.02 Å². The average Bonchev–Trinajstić information content (AvgIpc) is 2.49. The van der Waals surface area contributed by atoms with Gasteiger partial charge in [0.15, 0.2) is 0 Å². The second kappa shape index (κ2) is 4.37. The quantitative estimate of drug-likeness (QED) is 0.559. The molecule has 80 valence electrons. The number of alkyl halides is 5. The van der Waals surface area contributed by atoms with E-state index < -0.39 is 17.2 Å². The Bertz CT molecular complexity index is 314. The topological polar surface area (TPSA) is 0 Å². The number of thiophene rings is 1. The molecule has 0 nitrogen and oxygen atoms in total. The Morgan fingerprint density at radius 1 is 1.43 bits per heavy atom. The molecule has 7 heteroatoms. The van der Waals surface area contributed by atoms with Gasteiger partial charge in [0.25, 0.3) is 0 Å². The van der Waals surface area contributed by atoms with Crippen molar-refractivity contribution in [3.63, 3.8) is 0 Å². The molecule has 1 atom stereocenters. The lowest BCUT2D eigenvalue weighted by Gasteiger charge is -2.20. The Hall–Kier alpha value is 0.190. The molecular weight excluding hydrogens is 307 g/mol. The molecule has 0 aliphatic heterocycles. The summed E-state index contributed by atoms with van der Waals surface area (Å²) in [5.41, 5.74) is 0. The van der Waals surface area contributed by atoms with Crippen molar-refractivity contribution in [1.82, 2.24) is 0 Å². The zero-order valence-electron chi connectivity index (χ0n) is 6.49. The first-order chi connectivity index (χ1) is 6.37. The summed E-state index contributed by atoms with van der Waals surface area (Å²) in [6.07, 6.45) is -3.72. The highest BCUT2D eigenvalue weighted by atomic mass is 79.9. The monoisotopic (exact) mass is 310 g/mol. The van der Waals surface area contributed by atoms with Crippen molar-refractivity contribution in [2.75, 3.05) is 0 Å². The molecule has 0 aromatic carbocycles. The molecule has 14 heavy (non-hydrogen) atoms. The van der Waals surface area contributed by atoms with Crippen molar-refractivity contribution in [3.8, 4) is 0 Å². The van der Waals surface area contributed by atoms with Gasteiger partial charge >= 0.3 is 12.3 Å². The van der Waals surface area contributed by atoms with Crippen LogP contribution in [0.1, 0.15) is 9.70 Å². The Morgan fingerprint density at radius 3 is 2.36 bits per heavy atom. The Kier molecular flexibility index (Phi) is 3.82. The van der Waals surface area contributed by atoms with Crippen LogP contribution in [0.25, 0.3) is 0 Å². The van der Waals surface area contributed by atoms with Gasteiger partial charge < -0.3 is 0 Å². The van der Waals surface area contributed by atoms with Gasteiger partial charge in [0.1, 0.15) is 4.83 Å². The van der Waals surface area contributed by atoms with E-state index in [0.717, 1.165) is 11.3 Å². The second-order valence-electron chi connectivity index (χ2n) is 2.47. The van der Waals surface area contributed by atoms with Gasteiger partial charge in [-0.2, -0.15) is 8.78 Å². The van der Waals surface area contributed by atoms with E-state index in [2.05, 4.69) is 15.9 Å². The van der Waals surface area contributed by atoms with Gasteiger partial charge in [0, 0.05) is 4.88 Å². The van der Waals surface area contributed by atoms with Crippen LogP contribution < -0.4 is 0 Å². The minimum Gasteiger partial charge on any atom is -0.204 e. The van der Waals surface area contributed by atoms with E-state index in [1.807, 2.05) is 0 Å². The van der Waals surface area contributed by atoms with Crippen LogP contribution in [0.15, 0.2) is 11.4 Å². The predicted octanol–water partition coefficient (Wildman–Crippen LogP) is 4.74. The highest BCUT2D eigenvalue weighted by molar-refractivity contribution is 9.09. The fourth-order valence-electron chi connectivity index (χ4n) is 0.772. The third-order valence-corrected chi connectivity index (χ3v) is 4.30. The predicted molar refractivity (Wildman–Crippen MR) is 51.9 cm³/mol. The van der Waals surface area contributed by atoms with E-state index in [1.54, 1.807) is 0 Å². The van der Waals surface area contributed by atoms with Crippen LogP contribution in [-0.2, 0) is 0 Å². The highest BCUT2D eigenvalue weighted by Crippen LogP contribution is 2.46. The van der Waals surface area contributed by atoms with Gasteiger partial charge in [-0.05, 0) is 11.4 Å². The summed E-state index contributed by atoms with van der Waals surface area (Å²) in [7, 11) is 0. The molecule has 0 saturated heterocycles. The first kappa shape index (κ1) is 12.3. The maximum atomic E-state index is 12.8. The van der Waals surface area contributed by atoms with E-state index in [0.29, 0.717) is 0 Å². The van der Waals surface area contributed by atoms with E-state index in [-0.39, 0.29) is 9.90 Å². The molecule has 1 aromatic rings. The molecule has 0 aliphatic rings. The van der Waals surface area contributed by atoms with E-state index >= 15 is 0 Å². The second-order valence-corrected chi connectivity index (χ2v) is 4.74. The Balaban J connectivity index is 2.96. The molecule has 1 rings (SSSR count). The van der Waals surface area contributed by atoms with Crippen molar-refractivity contribution in [3.05, 3.63) is 21.3 Å². The average molecular weight is 312 g/mol. The van der Waals surface area contributed by atoms with Crippen molar-refractivity contribution < 1.29 is 17.6 Å². The minimum atomic E-state index is -4.12. The number of hydrogen-bond acceptors (Lipinski definition) is 1. The van der Waals surface area contributed by atoms with Crippen LogP contribution in [-0.4, -0.2) is 12.3 Å². The zero-order valence-corrected chi connectivity index (χ0v) is 9.64. The third kappa shape index (κ3) is 2.23. The standard InChI is InChI=1S/C7H4BrClF4S/c8-5(7(12,13)6(10)11)4-3(9)1-2-14-4/h1-2,5-6H. The van der Waals surface area contributed by atoms with Gasteiger partial charge in [-0.25, -0.2) is 8.78 Å². The number of rotatable bonds is 3. The SMILES string of the molecule is FC(F)C(F)(F)C(Br)c1sccc1Cl. The lowest BCUT2D eigenvalue weighted by Crippen LogP contribution is -2.30. The van der Waals surface area contributed by atoms with Crippen LogP contribution in [0, 0.1) is 0 Å². The summed E-state index contributed by atoms with van der Waals surface area (Å²) in [4.78, 5) is -1.74. The van der Waals surface area contributed by atoms with Crippen molar-refractivity contribution in [2.24, 2.45) is 0 Å². The lowest BCUT2D eigenvalue weighted by molar-refractivity contribution is -0.127. The van der Waals surface area contributed by atoms with Crippen LogP contribution in [0.4, 0.5) is 17.6 Å². The molecule has 0 aliphatic carbocycles. The van der Waals surface area contributed by atoms with Gasteiger partial charge in [-0.1, -0.05) is 27.5 Å². The smallest absolute Gasteiger partial charge is 0.204 e. The molecule has 0 bridgehead atoms. The normalized spacial score (nSPS) is 14.8. The van der Waals surface area contributed by atoms with Crippen molar-refractivity contribution in [1.29, 1.82) is 0 Å². The summed E-state index contributed by atoms with van der Waals surface area (Å²) < 4.78 is 49.6. The van der Waals surface area contributed by atoms with E-state index in [1.165, 1.54) is 11.4 Å². The van der Waals surface area contributed by atoms with Gasteiger partial charge in [0.2, 0.25) is 0 Å². The first-order valence-corrected chi connectivity index (χ1v) is 5.57. The Labute approximate surface area is 95.0 Å². The molecule has 0 saturated carbocycles. The minimum absolute atomic E-state index is 0.0111. The fraction of sp³-hybridized carbons (Fsp3) is 0.429. The summed E-state index contributed by atoms with van der Waals surface area (Å²) in [5, 5.41) is 1.53. The van der Waals surface area contributed by atoms with Crippen molar-refractivity contribution >= 4 is 38.9 Å². The fourth-order valence-corrected chi connectivity index (χ4v) is 2.86. The van der Waals surface area contributed by atoms with Crippen molar-refractivity contribution in [2.45, 2.75) is 17.2 Å². The zero-order chi connectivity index (χ0) is 10.9. The number of halogens is 6. The summed E-state index contributed by atoms with van der Waals surface area (Å²) >= 11 is 8.99. The van der Waals surface area contributed by atoms with Crippen LogP contribution in [0.3, 0.4) is 0 Å². The first-order valence-electron chi connectivity index (χ1n) is 3.40. The van der Waals surface area contributed by atoms with Crippen LogP contribution in [0.5, 0.6) is 0 Å². The van der Waals surface area contributed by atoms with Gasteiger partial charge in [-0.3, -0.25) is 0 Å². The molecule has 0 radical (unpaired) electrons. The lowest BCUT2D eigenvalue weighted by atomic mass is 10.2. The van der Waals surface area contributed by atoms with Gasteiger partial charge in [0.05, 0.1) is 5.02 Å². The molecule has 1 aromatic heterocycles. The highest BCUT2D eigenvalue weighted by Gasteiger charge is 2.49. The van der Waals surface area contributed by atoms with Crippen LogP contribution >= 0.6 is 38.9 Å². The molecule has 1 unspecified atom stereocenters. The molecule has 0 amide bonds. The summed E-state index contributed by atoms with van der Waals surface area (Å²) in [6.45, 7) is 0. The third-order valence-electron chi connectivity index (χ3n) is 1.50. The van der Waals surface area contributed by atoms with E-state index in [9.17, 15) is 17.6 Å². The largest absolute Gasteiger partial charge is 0.324 e. The number of hydrogen-bond donors (Lipinski definition) is 0. The van der Waals surface area contributed by atoms with Gasteiger partial charge in [-0.15, -0.1) is 11.3 Å². The summed E-state index contributed by atoms with van der Waals surface area (Å²) in [5.74, 6) is -4.12. The molecular formula is C7H4BrClF4S. The molecule has 0 N–H and O–H groups in total. The maximum absolute atomic E-state index is 12.8. The molecule has 0 spiro atoms. The van der Waals surface area contributed by atoms with E-state index in [4.69, 9.17) is 11.6 Å². The Morgan fingerprint density at radius 2 is 2.00 bits per heavy atom. The molecule has 0 fully saturated rings. The maximum Gasteiger partial charge on any atom is 0.324 e. The molecule has 1 heterocycles. The summed E-state index contributed by atoms with van der Waals surface area (Å²) in [6, 6.07) is 1.39.